The summed E-state index contributed by atoms with van der Waals surface area (Å²) in [6.45, 7) is -2.14. The molecule has 0 aliphatic carbocycles. The number of rotatable bonds is 5. The number of aromatic nitrogens is 1. The van der Waals surface area contributed by atoms with Crippen LogP contribution in [-0.2, 0) is 10.7 Å². The summed E-state index contributed by atoms with van der Waals surface area (Å²) in [5.74, 6) is -2.38. The molecule has 0 aliphatic rings. The number of pyridine rings is 1. The monoisotopic (exact) mass is 412 g/mol. The van der Waals surface area contributed by atoms with E-state index in [1.54, 1.807) is 0 Å². The molecule has 1 aromatic carbocycles. The number of nitro groups is 1. The molecule has 0 saturated heterocycles. The normalized spacial score (nSPS) is 13.9. The summed E-state index contributed by atoms with van der Waals surface area (Å²) in [6.07, 6.45) is -4.49. The van der Waals surface area contributed by atoms with Crippen molar-refractivity contribution in [1.29, 1.82) is 0 Å². The number of ether oxygens (including phenoxy) is 1. The predicted molar refractivity (Wildman–Crippen MR) is 86.0 cm³/mol. The molecule has 1 unspecified atom stereocenters. The highest BCUT2D eigenvalue weighted by molar-refractivity contribution is 7.95. The number of benzene rings is 1. The third-order valence-corrected chi connectivity index (χ3v) is 6.41. The molecule has 1 aromatic heterocycles. The van der Waals surface area contributed by atoms with Crippen molar-refractivity contribution in [3.05, 3.63) is 52.0 Å². The second-order valence-corrected chi connectivity index (χ2v) is 9.04. The highest BCUT2D eigenvalue weighted by Gasteiger charge is 2.33. The summed E-state index contributed by atoms with van der Waals surface area (Å²) < 4.78 is 68.7. The minimum Gasteiger partial charge on any atom is -0.436 e. The molecule has 6 nitrogen and oxygen atoms in total. The molecular formula is C14H10ClF4N2O4P. The molecule has 2 aromatic rings. The molecule has 0 N–H and O–H groups in total. The number of hydrogen-bond donors (Lipinski definition) is 0. The van der Waals surface area contributed by atoms with Crippen LogP contribution in [0.25, 0.3) is 0 Å². The summed E-state index contributed by atoms with van der Waals surface area (Å²) in [5, 5.41) is 10.7. The highest BCUT2D eigenvalue weighted by Crippen LogP contribution is 2.52. The van der Waals surface area contributed by atoms with Gasteiger partial charge in [0.2, 0.25) is 6.49 Å². The summed E-state index contributed by atoms with van der Waals surface area (Å²) in [5.41, 5.74) is -1.82. The first kappa shape index (κ1) is 20.1. The molecule has 0 amide bonds. The molecule has 26 heavy (non-hydrogen) atoms. The first-order valence-electron chi connectivity index (χ1n) is 6.94. The molecule has 1 heterocycles. The van der Waals surface area contributed by atoms with E-state index in [0.29, 0.717) is 6.20 Å². The Morgan fingerprint density at radius 1 is 1.35 bits per heavy atom. The van der Waals surface area contributed by atoms with Crippen LogP contribution in [0.1, 0.15) is 12.5 Å². The Balaban J connectivity index is 2.44. The predicted octanol–water partition coefficient (Wildman–Crippen LogP) is 5.10. The van der Waals surface area contributed by atoms with Gasteiger partial charge in [0.1, 0.15) is 11.1 Å². The van der Waals surface area contributed by atoms with E-state index in [2.05, 4.69) is 4.98 Å². The van der Waals surface area contributed by atoms with E-state index >= 15 is 0 Å². The number of alkyl halides is 3. The lowest BCUT2D eigenvalue weighted by Crippen LogP contribution is -2.10. The first-order valence-corrected chi connectivity index (χ1v) is 9.73. The fraction of sp³-hybridized carbons (Fsp3) is 0.214. The van der Waals surface area contributed by atoms with E-state index in [1.165, 1.54) is 6.92 Å². The molecule has 140 valence electrons. The van der Waals surface area contributed by atoms with Crippen molar-refractivity contribution in [2.75, 3.05) is 6.16 Å². The number of hydrogen-bond acceptors (Lipinski definition) is 5. The largest absolute Gasteiger partial charge is 0.436 e. The third kappa shape index (κ3) is 4.31. The maximum Gasteiger partial charge on any atom is 0.417 e. The Morgan fingerprint density at radius 3 is 2.50 bits per heavy atom. The lowest BCUT2D eigenvalue weighted by molar-refractivity contribution is -0.383. The van der Waals surface area contributed by atoms with Crippen LogP contribution in [0.2, 0.25) is 0 Å². The fourth-order valence-electron chi connectivity index (χ4n) is 1.93. The van der Waals surface area contributed by atoms with Crippen LogP contribution >= 0.6 is 17.7 Å². The van der Waals surface area contributed by atoms with Crippen molar-refractivity contribution < 1.29 is 31.8 Å². The minimum absolute atomic E-state index is 0.0915. The second-order valence-electron chi connectivity index (χ2n) is 4.99. The van der Waals surface area contributed by atoms with Crippen LogP contribution in [0.3, 0.4) is 0 Å². The van der Waals surface area contributed by atoms with Crippen molar-refractivity contribution in [3.8, 4) is 11.6 Å². The second kappa shape index (κ2) is 7.20. The van der Waals surface area contributed by atoms with Gasteiger partial charge in [0.05, 0.1) is 10.5 Å². The molecule has 0 radical (unpaired) electrons. The van der Waals surface area contributed by atoms with Gasteiger partial charge in [-0.3, -0.25) is 10.1 Å². The maximum atomic E-state index is 13.8. The van der Waals surface area contributed by atoms with Crippen LogP contribution in [0.4, 0.5) is 23.2 Å². The zero-order valence-corrected chi connectivity index (χ0v) is 14.6. The van der Waals surface area contributed by atoms with Crippen molar-refractivity contribution in [1.82, 2.24) is 4.98 Å². The SMILES string of the molecule is CCP(=O)(Cl)c1cc(Oc2ncc(C(F)(F)F)cc2F)ccc1[N+](=O)[O-]. The van der Waals surface area contributed by atoms with E-state index < -0.39 is 40.5 Å². The van der Waals surface area contributed by atoms with Crippen LogP contribution in [-0.4, -0.2) is 16.1 Å². The van der Waals surface area contributed by atoms with Crippen LogP contribution in [0.15, 0.2) is 30.5 Å². The van der Waals surface area contributed by atoms with Gasteiger partial charge in [-0.25, -0.2) is 9.37 Å². The molecule has 12 heteroatoms. The zero-order valence-electron chi connectivity index (χ0n) is 13.0. The van der Waals surface area contributed by atoms with Gasteiger partial charge < -0.3 is 9.30 Å². The highest BCUT2D eigenvalue weighted by atomic mass is 35.7. The van der Waals surface area contributed by atoms with E-state index in [9.17, 15) is 32.2 Å². The van der Waals surface area contributed by atoms with Gasteiger partial charge in [-0.1, -0.05) is 6.92 Å². The molecule has 0 fully saturated rings. The summed E-state index contributed by atoms with van der Waals surface area (Å²) in [6, 6.07) is 3.20. The van der Waals surface area contributed by atoms with Gasteiger partial charge in [-0.15, -0.1) is 0 Å². The van der Waals surface area contributed by atoms with E-state index in [1.807, 2.05) is 0 Å². The fourth-order valence-corrected chi connectivity index (χ4v) is 3.49. The lowest BCUT2D eigenvalue weighted by Gasteiger charge is -2.12. The lowest BCUT2D eigenvalue weighted by atomic mass is 10.2. The first-order chi connectivity index (χ1) is 12.0. The van der Waals surface area contributed by atoms with Gasteiger partial charge in [-0.05, 0) is 29.4 Å². The van der Waals surface area contributed by atoms with Crippen LogP contribution in [0.5, 0.6) is 11.6 Å². The summed E-state index contributed by atoms with van der Waals surface area (Å²) in [7, 11) is 0. The quantitative estimate of drug-likeness (QED) is 0.295. The van der Waals surface area contributed by atoms with Crippen LogP contribution < -0.4 is 10.0 Å². The molecule has 0 bridgehead atoms. The van der Waals surface area contributed by atoms with Crippen molar-refractivity contribution in [3.63, 3.8) is 0 Å². The number of nitro benzene ring substituents is 1. The van der Waals surface area contributed by atoms with E-state index in [4.69, 9.17) is 16.0 Å². The van der Waals surface area contributed by atoms with Crippen molar-refractivity contribution in [2.24, 2.45) is 0 Å². The third-order valence-electron chi connectivity index (χ3n) is 3.26. The molecular weight excluding hydrogens is 403 g/mol. The smallest absolute Gasteiger partial charge is 0.417 e. The number of nitrogens with zero attached hydrogens (tertiary/aromatic N) is 2. The summed E-state index contributed by atoms with van der Waals surface area (Å²) in [4.78, 5) is 13.5. The molecule has 2 rings (SSSR count). The van der Waals surface area contributed by atoms with Gasteiger partial charge in [0.15, 0.2) is 5.82 Å². The molecule has 0 spiro atoms. The standard InChI is InChI=1S/C14H10ClF4N2O4P/c1-2-26(15,24)12-6-9(3-4-11(12)21(22)23)25-13-10(16)5-8(7-20-13)14(17,18)19/h3-7H,2H2,1H3. The average Bonchev–Trinajstić information content (AvgIpc) is 2.55. The van der Waals surface area contributed by atoms with E-state index in [-0.39, 0.29) is 23.3 Å². The van der Waals surface area contributed by atoms with Crippen molar-refractivity contribution in [2.45, 2.75) is 13.1 Å². The van der Waals surface area contributed by atoms with E-state index in [0.717, 1.165) is 18.2 Å². The van der Waals surface area contributed by atoms with Gasteiger partial charge in [0, 0.05) is 18.4 Å². The molecule has 0 saturated carbocycles. The number of halogens is 5. The molecule has 0 aliphatic heterocycles. The Bertz CT molecular complexity index is 907. The summed E-state index contributed by atoms with van der Waals surface area (Å²) >= 11 is 5.85. The van der Waals surface area contributed by atoms with Crippen molar-refractivity contribution >= 4 is 28.7 Å². The average molecular weight is 413 g/mol. The maximum absolute atomic E-state index is 13.8. The zero-order chi connectivity index (χ0) is 19.7. The van der Waals surface area contributed by atoms with Crippen LogP contribution in [0, 0.1) is 15.9 Å². The molecule has 1 atom stereocenters. The topological polar surface area (TPSA) is 82.3 Å². The van der Waals surface area contributed by atoms with Gasteiger partial charge in [0.25, 0.3) is 11.6 Å². The van der Waals surface area contributed by atoms with Gasteiger partial charge >= 0.3 is 6.18 Å². The Kier molecular flexibility index (Phi) is 5.58. The Hall–Kier alpha value is -2.19. The minimum atomic E-state index is -4.78. The Morgan fingerprint density at radius 2 is 2.00 bits per heavy atom. The van der Waals surface area contributed by atoms with Gasteiger partial charge in [-0.2, -0.15) is 13.2 Å². The Labute approximate surface area is 149 Å².